The van der Waals surface area contributed by atoms with Crippen molar-refractivity contribution in [2.45, 2.75) is 65.7 Å². The van der Waals surface area contributed by atoms with Crippen molar-refractivity contribution in [1.82, 2.24) is 4.90 Å². The second kappa shape index (κ2) is 16.6. The first-order valence-corrected chi connectivity index (χ1v) is 7.30. The third-order valence-corrected chi connectivity index (χ3v) is 2.99. The highest BCUT2D eigenvalue weighted by molar-refractivity contribution is 5.75. The molecular weight excluding hydrogens is 229 g/mol. The highest BCUT2D eigenvalue weighted by atomic mass is 19.1. The molecule has 2 nitrogen and oxygen atoms in total. The van der Waals surface area contributed by atoms with Gasteiger partial charge in [0.05, 0.1) is 7.18 Å². The van der Waals surface area contributed by atoms with Gasteiger partial charge in [0.15, 0.2) is 0 Å². The maximum atomic E-state index is 10.7. The van der Waals surface area contributed by atoms with E-state index in [-0.39, 0.29) is 0 Å². The summed E-state index contributed by atoms with van der Waals surface area (Å²) in [4.78, 5) is 13.2. The van der Waals surface area contributed by atoms with Crippen LogP contribution in [0.25, 0.3) is 0 Å². The van der Waals surface area contributed by atoms with Crippen LogP contribution in [0.1, 0.15) is 65.7 Å². The summed E-state index contributed by atoms with van der Waals surface area (Å²) >= 11 is 0. The Morgan fingerprint density at radius 3 is 2.00 bits per heavy atom. The summed E-state index contributed by atoms with van der Waals surface area (Å²) in [6.45, 7) is 9.83. The molecule has 0 amide bonds. The summed E-state index contributed by atoms with van der Waals surface area (Å²) in [5.41, 5.74) is 0. The van der Waals surface area contributed by atoms with E-state index in [0.717, 1.165) is 12.8 Å². The number of carbonyl (C=O) groups excluding carboxylic acids is 1. The van der Waals surface area contributed by atoms with Crippen LogP contribution in [0.2, 0.25) is 0 Å². The molecule has 0 aliphatic rings. The van der Waals surface area contributed by atoms with E-state index in [0.29, 0.717) is 13.0 Å². The maximum Gasteiger partial charge on any atom is 0.129 e. The van der Waals surface area contributed by atoms with Crippen molar-refractivity contribution in [3.63, 3.8) is 0 Å². The molecule has 0 saturated heterocycles. The van der Waals surface area contributed by atoms with Crippen molar-refractivity contribution < 1.29 is 9.18 Å². The number of hydrogen-bond donors (Lipinski definition) is 0. The lowest BCUT2D eigenvalue weighted by molar-refractivity contribution is -0.117. The van der Waals surface area contributed by atoms with Crippen LogP contribution >= 0.6 is 0 Å². The second-order valence-corrected chi connectivity index (χ2v) is 4.65. The average Bonchev–Trinajstić information content (AvgIpc) is 2.38. The minimum atomic E-state index is 0.333. The average molecular weight is 261 g/mol. The SMILES string of the molecule is CCCN(CC)CCCCCCCC(C)=O.CF. The van der Waals surface area contributed by atoms with Gasteiger partial charge in [-0.25, -0.2) is 0 Å². The number of alkyl halides is 1. The van der Waals surface area contributed by atoms with Crippen LogP contribution in [0.4, 0.5) is 4.39 Å². The van der Waals surface area contributed by atoms with Crippen LogP contribution in [0.5, 0.6) is 0 Å². The molecule has 0 saturated carbocycles. The molecule has 0 rings (SSSR count). The Bertz CT molecular complexity index is 174. The number of carbonyl (C=O) groups is 1. The molecule has 0 N–H and O–H groups in total. The van der Waals surface area contributed by atoms with Gasteiger partial charge in [-0.05, 0) is 45.8 Å². The summed E-state index contributed by atoms with van der Waals surface area (Å²) in [5.74, 6) is 0.333. The third kappa shape index (κ3) is 15.6. The lowest BCUT2D eigenvalue weighted by atomic mass is 10.1. The smallest absolute Gasteiger partial charge is 0.129 e. The van der Waals surface area contributed by atoms with Crippen molar-refractivity contribution in [2.24, 2.45) is 0 Å². The Morgan fingerprint density at radius 2 is 1.50 bits per heavy atom. The molecule has 3 heteroatoms. The van der Waals surface area contributed by atoms with E-state index in [1.165, 1.54) is 51.7 Å². The van der Waals surface area contributed by atoms with Gasteiger partial charge in [-0.2, -0.15) is 0 Å². The highest BCUT2D eigenvalue weighted by Crippen LogP contribution is 2.06. The summed E-state index contributed by atoms with van der Waals surface area (Å²) in [5, 5.41) is 0. The predicted octanol–water partition coefficient (Wildman–Crippen LogP) is 4.23. The van der Waals surface area contributed by atoms with Crippen LogP contribution in [-0.4, -0.2) is 37.5 Å². The molecule has 0 radical (unpaired) electrons. The molecule has 0 fully saturated rings. The first kappa shape index (κ1) is 19.9. The zero-order valence-corrected chi connectivity index (χ0v) is 12.8. The van der Waals surface area contributed by atoms with Crippen molar-refractivity contribution in [1.29, 1.82) is 0 Å². The first-order chi connectivity index (χ1) is 8.70. The van der Waals surface area contributed by atoms with E-state index in [1.54, 1.807) is 6.92 Å². The fourth-order valence-corrected chi connectivity index (χ4v) is 1.98. The fraction of sp³-hybridized carbons (Fsp3) is 0.933. The van der Waals surface area contributed by atoms with Crippen LogP contribution in [0.3, 0.4) is 0 Å². The Balaban J connectivity index is 0. The fourth-order valence-electron chi connectivity index (χ4n) is 1.98. The van der Waals surface area contributed by atoms with Crippen molar-refractivity contribution in [3.8, 4) is 0 Å². The van der Waals surface area contributed by atoms with E-state index in [1.807, 2.05) is 0 Å². The lowest BCUT2D eigenvalue weighted by Gasteiger charge is -2.19. The molecule has 0 aliphatic heterocycles. The van der Waals surface area contributed by atoms with Gasteiger partial charge >= 0.3 is 0 Å². The number of rotatable bonds is 11. The van der Waals surface area contributed by atoms with Gasteiger partial charge in [-0.1, -0.05) is 33.1 Å². The number of ketones is 1. The summed E-state index contributed by atoms with van der Waals surface area (Å²) in [6, 6.07) is 0. The zero-order valence-electron chi connectivity index (χ0n) is 12.8. The Kier molecular flexibility index (Phi) is 18.3. The summed E-state index contributed by atoms with van der Waals surface area (Å²) in [6.07, 6.45) is 8.26. The first-order valence-electron chi connectivity index (χ1n) is 7.30. The number of hydrogen-bond acceptors (Lipinski definition) is 2. The predicted molar refractivity (Wildman–Crippen MR) is 77.8 cm³/mol. The molecule has 0 bridgehead atoms. The van der Waals surface area contributed by atoms with Crippen LogP contribution < -0.4 is 0 Å². The monoisotopic (exact) mass is 261 g/mol. The minimum Gasteiger partial charge on any atom is -0.304 e. The molecule has 0 spiro atoms. The topological polar surface area (TPSA) is 20.3 Å². The molecule has 0 unspecified atom stereocenters. The van der Waals surface area contributed by atoms with Crippen LogP contribution in [0, 0.1) is 0 Å². The molecule has 18 heavy (non-hydrogen) atoms. The van der Waals surface area contributed by atoms with Gasteiger partial charge in [0.1, 0.15) is 5.78 Å². The van der Waals surface area contributed by atoms with Gasteiger partial charge in [-0.15, -0.1) is 0 Å². The van der Waals surface area contributed by atoms with E-state index >= 15 is 0 Å². The molecule has 110 valence electrons. The lowest BCUT2D eigenvalue weighted by Crippen LogP contribution is -2.25. The Morgan fingerprint density at radius 1 is 0.944 bits per heavy atom. The normalized spacial score (nSPS) is 10.1. The van der Waals surface area contributed by atoms with Crippen LogP contribution in [0.15, 0.2) is 0 Å². The number of halogens is 1. The summed E-state index contributed by atoms with van der Waals surface area (Å²) < 4.78 is 9.50. The molecule has 0 aromatic heterocycles. The minimum absolute atomic E-state index is 0.333. The van der Waals surface area contributed by atoms with Crippen LogP contribution in [-0.2, 0) is 4.79 Å². The molecule has 0 aromatic carbocycles. The molecular formula is C15H32FNO. The number of Topliss-reactive ketones (excluding diaryl/α,β-unsaturated/α-hetero) is 1. The van der Waals surface area contributed by atoms with Crippen molar-refractivity contribution >= 4 is 5.78 Å². The molecule has 0 aliphatic carbocycles. The van der Waals surface area contributed by atoms with E-state index in [2.05, 4.69) is 18.7 Å². The number of unbranched alkanes of at least 4 members (excludes halogenated alkanes) is 4. The standard InChI is InChI=1S/C14H29NO.CH3F/c1-4-12-15(5-2)13-10-8-6-7-9-11-14(3)16;1-2/h4-13H2,1-3H3;1H3. The second-order valence-electron chi connectivity index (χ2n) is 4.65. The van der Waals surface area contributed by atoms with Crippen molar-refractivity contribution in [3.05, 3.63) is 0 Å². The van der Waals surface area contributed by atoms with Gasteiger partial charge in [0.25, 0.3) is 0 Å². The third-order valence-electron chi connectivity index (χ3n) is 2.99. The zero-order chi connectivity index (χ0) is 14.2. The van der Waals surface area contributed by atoms with Crippen molar-refractivity contribution in [2.75, 3.05) is 26.8 Å². The highest BCUT2D eigenvalue weighted by Gasteiger charge is 2.00. The Labute approximate surface area is 113 Å². The maximum absolute atomic E-state index is 10.7. The molecule has 0 aromatic rings. The Hall–Kier alpha value is -0.440. The van der Waals surface area contributed by atoms with Gasteiger partial charge < -0.3 is 9.69 Å². The van der Waals surface area contributed by atoms with E-state index in [4.69, 9.17) is 0 Å². The van der Waals surface area contributed by atoms with Gasteiger partial charge in [-0.3, -0.25) is 4.39 Å². The molecule has 0 atom stereocenters. The summed E-state index contributed by atoms with van der Waals surface area (Å²) in [7, 11) is 0.500. The quantitative estimate of drug-likeness (QED) is 0.519. The largest absolute Gasteiger partial charge is 0.304 e. The number of nitrogens with zero attached hydrogens (tertiary/aromatic N) is 1. The van der Waals surface area contributed by atoms with E-state index in [9.17, 15) is 9.18 Å². The van der Waals surface area contributed by atoms with E-state index < -0.39 is 0 Å². The molecule has 0 heterocycles. The van der Waals surface area contributed by atoms with Gasteiger partial charge in [0, 0.05) is 6.42 Å². The van der Waals surface area contributed by atoms with Gasteiger partial charge in [0.2, 0.25) is 0 Å².